The number of aryl methyl sites for hydroxylation is 1. The molecule has 1 aromatic heterocycles. The Bertz CT molecular complexity index is 1040. The maximum absolute atomic E-state index is 12.2. The average Bonchev–Trinajstić information content (AvgIpc) is 2.71. The third-order valence-corrected chi connectivity index (χ3v) is 4.25. The van der Waals surface area contributed by atoms with Crippen LogP contribution in [0.5, 0.6) is 5.75 Å². The van der Waals surface area contributed by atoms with Crippen LogP contribution in [0, 0.1) is 0 Å². The molecule has 0 unspecified atom stereocenters. The van der Waals surface area contributed by atoms with E-state index in [1.165, 1.54) is 0 Å². The average molecular weight is 379 g/mol. The number of hydrogen-bond acceptors (Lipinski definition) is 4. The van der Waals surface area contributed by atoms with Crippen molar-refractivity contribution >= 4 is 28.4 Å². The fourth-order valence-electron chi connectivity index (χ4n) is 2.78. The smallest absolute Gasteiger partial charge is 0.251 e. The number of amides is 2. The topological polar surface area (TPSA) is 100 Å². The number of benzene rings is 2. The van der Waals surface area contributed by atoms with Gasteiger partial charge < -0.3 is 20.4 Å². The van der Waals surface area contributed by atoms with Gasteiger partial charge in [-0.2, -0.15) is 0 Å². The molecule has 0 bridgehead atoms. The molecule has 7 heteroatoms. The van der Waals surface area contributed by atoms with E-state index in [9.17, 15) is 14.4 Å². The molecule has 0 saturated heterocycles. The van der Waals surface area contributed by atoms with Gasteiger partial charge in [0.25, 0.3) is 5.56 Å². The molecular formula is C21H21N3O4. The van der Waals surface area contributed by atoms with Gasteiger partial charge >= 0.3 is 0 Å². The van der Waals surface area contributed by atoms with Crippen molar-refractivity contribution in [3.05, 3.63) is 70.5 Å². The van der Waals surface area contributed by atoms with Gasteiger partial charge in [-0.05, 0) is 42.8 Å². The second-order valence-corrected chi connectivity index (χ2v) is 6.27. The Morgan fingerprint density at radius 2 is 1.82 bits per heavy atom. The largest absolute Gasteiger partial charge is 0.497 e. The second kappa shape index (κ2) is 8.85. The normalized spacial score (nSPS) is 10.5. The Labute approximate surface area is 161 Å². The number of rotatable bonds is 7. The fraction of sp³-hybridized carbons (Fsp3) is 0.190. The van der Waals surface area contributed by atoms with Gasteiger partial charge in [0.15, 0.2) is 0 Å². The highest BCUT2D eigenvalue weighted by Gasteiger charge is 2.09. The van der Waals surface area contributed by atoms with Crippen molar-refractivity contribution < 1.29 is 14.3 Å². The molecule has 3 N–H and O–H groups in total. The summed E-state index contributed by atoms with van der Waals surface area (Å²) in [5.74, 6) is 0.0798. The third kappa shape index (κ3) is 4.97. The molecule has 1 heterocycles. The van der Waals surface area contributed by atoms with E-state index in [2.05, 4.69) is 15.6 Å². The molecule has 2 amide bonds. The highest BCUT2D eigenvalue weighted by atomic mass is 16.5. The molecule has 3 rings (SSSR count). The molecule has 2 aromatic carbocycles. The Balaban J connectivity index is 1.54. The number of hydrogen-bond donors (Lipinski definition) is 3. The molecule has 0 aliphatic carbocycles. The van der Waals surface area contributed by atoms with Crippen LogP contribution < -0.4 is 20.9 Å². The van der Waals surface area contributed by atoms with E-state index in [4.69, 9.17) is 4.74 Å². The van der Waals surface area contributed by atoms with Crippen LogP contribution in [0.15, 0.2) is 59.4 Å². The van der Waals surface area contributed by atoms with Crippen molar-refractivity contribution in [2.75, 3.05) is 19.0 Å². The molecule has 0 atom stereocenters. The van der Waals surface area contributed by atoms with Crippen LogP contribution in [0.3, 0.4) is 0 Å². The summed E-state index contributed by atoms with van der Waals surface area (Å²) < 4.78 is 5.19. The predicted octanol–water partition coefficient (Wildman–Crippen LogP) is 2.22. The summed E-state index contributed by atoms with van der Waals surface area (Å²) in [6.07, 6.45) is 0.381. The predicted molar refractivity (Wildman–Crippen MR) is 108 cm³/mol. The number of carbonyl (C=O) groups is 2. The summed E-state index contributed by atoms with van der Waals surface area (Å²) in [5, 5.41) is 6.09. The number of nitrogens with one attached hydrogen (secondary N) is 3. The van der Waals surface area contributed by atoms with E-state index in [0.717, 1.165) is 5.39 Å². The lowest BCUT2D eigenvalue weighted by atomic mass is 10.1. The number of methoxy groups -OCH3 is 1. The molecule has 0 spiro atoms. The zero-order valence-corrected chi connectivity index (χ0v) is 15.5. The Kier molecular flexibility index (Phi) is 6.06. The summed E-state index contributed by atoms with van der Waals surface area (Å²) >= 11 is 0. The molecule has 7 nitrogen and oxygen atoms in total. The number of fused-ring (bicyclic) bond motifs is 1. The van der Waals surface area contributed by atoms with Crippen LogP contribution in [-0.2, 0) is 16.0 Å². The quantitative estimate of drug-likeness (QED) is 0.586. The van der Waals surface area contributed by atoms with E-state index in [1.807, 2.05) is 24.3 Å². The highest BCUT2D eigenvalue weighted by molar-refractivity contribution is 5.94. The number of ether oxygens (including phenoxy) is 1. The lowest BCUT2D eigenvalue weighted by Crippen LogP contribution is -2.33. The van der Waals surface area contributed by atoms with Crippen LogP contribution in [0.25, 0.3) is 10.9 Å². The van der Waals surface area contributed by atoms with Gasteiger partial charge in [-0.15, -0.1) is 0 Å². The van der Waals surface area contributed by atoms with Crippen molar-refractivity contribution in [1.82, 2.24) is 10.3 Å². The summed E-state index contributed by atoms with van der Waals surface area (Å²) in [5.41, 5.74) is 1.65. The molecule has 3 aromatic rings. The summed E-state index contributed by atoms with van der Waals surface area (Å²) in [7, 11) is 1.58. The SMILES string of the molecule is COc1ccc2[nH]c(=O)c(CCC(=O)NCC(=O)Nc3ccccc3)cc2c1. The van der Waals surface area contributed by atoms with Gasteiger partial charge in [-0.25, -0.2) is 0 Å². The standard InChI is InChI=1S/C21H21N3O4/c1-28-17-8-9-18-15(12-17)11-14(21(27)24-18)7-10-19(25)22-13-20(26)23-16-5-3-2-4-6-16/h2-6,8-9,11-12H,7,10,13H2,1H3,(H,22,25)(H,23,26)(H,24,27). The minimum atomic E-state index is -0.310. The van der Waals surface area contributed by atoms with E-state index in [-0.39, 0.29) is 36.8 Å². The van der Waals surface area contributed by atoms with Crippen LogP contribution in [-0.4, -0.2) is 30.5 Å². The number of carbonyl (C=O) groups excluding carboxylic acids is 2. The minimum Gasteiger partial charge on any atom is -0.497 e. The monoisotopic (exact) mass is 379 g/mol. The summed E-state index contributed by atoms with van der Waals surface area (Å²) in [6, 6.07) is 16.1. The first-order chi connectivity index (χ1) is 13.5. The maximum atomic E-state index is 12.2. The van der Waals surface area contributed by atoms with E-state index in [1.54, 1.807) is 37.4 Å². The number of aromatic amines is 1. The molecule has 28 heavy (non-hydrogen) atoms. The van der Waals surface area contributed by atoms with Gasteiger partial charge in [0.05, 0.1) is 13.7 Å². The number of anilines is 1. The van der Waals surface area contributed by atoms with E-state index >= 15 is 0 Å². The Morgan fingerprint density at radius 1 is 1.04 bits per heavy atom. The lowest BCUT2D eigenvalue weighted by Gasteiger charge is -2.08. The Hall–Kier alpha value is -3.61. The number of H-pyrrole nitrogens is 1. The minimum absolute atomic E-state index is 0.108. The van der Waals surface area contributed by atoms with Gasteiger partial charge in [0.2, 0.25) is 11.8 Å². The van der Waals surface area contributed by atoms with Gasteiger partial charge in [0, 0.05) is 28.6 Å². The lowest BCUT2D eigenvalue weighted by molar-refractivity contribution is -0.124. The molecule has 144 valence electrons. The number of pyridine rings is 1. The highest BCUT2D eigenvalue weighted by Crippen LogP contribution is 2.19. The van der Waals surface area contributed by atoms with Gasteiger partial charge in [-0.3, -0.25) is 14.4 Å². The zero-order chi connectivity index (χ0) is 19.9. The number of para-hydroxylation sites is 1. The van der Waals surface area contributed by atoms with Gasteiger partial charge in [0.1, 0.15) is 5.75 Å². The molecule has 0 radical (unpaired) electrons. The maximum Gasteiger partial charge on any atom is 0.251 e. The third-order valence-electron chi connectivity index (χ3n) is 4.25. The van der Waals surface area contributed by atoms with Crippen molar-refractivity contribution in [3.63, 3.8) is 0 Å². The van der Waals surface area contributed by atoms with E-state index < -0.39 is 0 Å². The molecule has 0 aliphatic rings. The first kappa shape index (κ1) is 19.2. The van der Waals surface area contributed by atoms with Crippen molar-refractivity contribution in [3.8, 4) is 5.75 Å². The molecular weight excluding hydrogens is 358 g/mol. The summed E-state index contributed by atoms with van der Waals surface area (Å²) in [6.45, 7) is -0.126. The van der Waals surface area contributed by atoms with Crippen molar-refractivity contribution in [2.24, 2.45) is 0 Å². The van der Waals surface area contributed by atoms with Crippen molar-refractivity contribution in [1.29, 1.82) is 0 Å². The first-order valence-electron chi connectivity index (χ1n) is 8.87. The van der Waals surface area contributed by atoms with E-state index in [0.29, 0.717) is 22.5 Å². The zero-order valence-electron chi connectivity index (χ0n) is 15.5. The second-order valence-electron chi connectivity index (χ2n) is 6.27. The molecule has 0 fully saturated rings. The number of aromatic nitrogens is 1. The summed E-state index contributed by atoms with van der Waals surface area (Å²) in [4.78, 5) is 38.9. The molecule has 0 aliphatic heterocycles. The van der Waals surface area contributed by atoms with Crippen LogP contribution >= 0.6 is 0 Å². The fourth-order valence-corrected chi connectivity index (χ4v) is 2.78. The van der Waals surface area contributed by atoms with Crippen LogP contribution in [0.4, 0.5) is 5.69 Å². The Morgan fingerprint density at radius 3 is 2.57 bits per heavy atom. The molecule has 0 saturated carbocycles. The van der Waals surface area contributed by atoms with Crippen LogP contribution in [0.1, 0.15) is 12.0 Å². The van der Waals surface area contributed by atoms with Crippen molar-refractivity contribution in [2.45, 2.75) is 12.8 Å². The van der Waals surface area contributed by atoms with Crippen LogP contribution in [0.2, 0.25) is 0 Å². The first-order valence-corrected chi connectivity index (χ1v) is 8.87. The van der Waals surface area contributed by atoms with Gasteiger partial charge in [-0.1, -0.05) is 18.2 Å².